The second-order valence-corrected chi connectivity index (χ2v) is 9.44. The van der Waals surface area contributed by atoms with Crippen LogP contribution in [-0.2, 0) is 20.8 Å². The zero-order valence-electron chi connectivity index (χ0n) is 19.1. The molecule has 6 N–H and O–H groups in total. The number of hydrogen-bond donors (Lipinski definition) is 5. The van der Waals surface area contributed by atoms with Crippen LogP contribution >= 0.6 is 0 Å². The van der Waals surface area contributed by atoms with Gasteiger partial charge in [-0.2, -0.15) is 0 Å². The number of nitrogens with zero attached hydrogens (tertiary/aromatic N) is 2. The normalized spacial score (nSPS) is 28.6. The zero-order chi connectivity index (χ0) is 25.4. The molecule has 4 atom stereocenters. The number of likely N-dealkylation sites (N-methyl/N-ethyl adjacent to an activating group) is 1. The highest BCUT2D eigenvalue weighted by Gasteiger charge is 2.64. The molecule has 3 aliphatic rings. The molecule has 10 nitrogen and oxygen atoms in total. The second-order valence-electron chi connectivity index (χ2n) is 9.44. The van der Waals surface area contributed by atoms with Gasteiger partial charge in [0.15, 0.2) is 23.0 Å². The molecule has 4 rings (SSSR count). The van der Waals surface area contributed by atoms with Gasteiger partial charge in [-0.25, -0.2) is 4.39 Å². The molecule has 182 valence electrons. The van der Waals surface area contributed by atoms with Gasteiger partial charge in [0.25, 0.3) is 5.91 Å². The number of anilines is 1. The third kappa shape index (κ3) is 2.90. The first-order valence-electron chi connectivity index (χ1n) is 10.6. The minimum Gasteiger partial charge on any atom is -0.508 e. The minimum atomic E-state index is -2.72. The van der Waals surface area contributed by atoms with E-state index in [9.17, 15) is 39.2 Å². The number of Topliss-reactive ketones (excluding diaryl/α,β-unsaturated/α-hetero) is 2. The predicted molar refractivity (Wildman–Crippen MR) is 119 cm³/mol. The summed E-state index contributed by atoms with van der Waals surface area (Å²) in [5, 5.41) is 43.7. The van der Waals surface area contributed by atoms with Crippen LogP contribution in [0.15, 0.2) is 23.0 Å². The molecule has 11 heteroatoms. The number of primary amides is 1. The topological polar surface area (TPSA) is 165 Å². The monoisotopic (exact) mass is 475 g/mol. The summed E-state index contributed by atoms with van der Waals surface area (Å²) in [6.07, 6.45) is 0.0622. The van der Waals surface area contributed by atoms with Crippen LogP contribution in [0.1, 0.15) is 17.5 Å². The molecule has 1 saturated carbocycles. The Balaban J connectivity index is 2.01. The molecule has 1 fully saturated rings. The van der Waals surface area contributed by atoms with Gasteiger partial charge >= 0.3 is 0 Å². The number of aromatic hydroxyl groups is 1. The molecule has 0 aromatic heterocycles. The average molecular weight is 475 g/mol. The second kappa shape index (κ2) is 7.54. The lowest BCUT2D eigenvalue weighted by Gasteiger charge is -2.50. The molecular formula is C23H26FN3O7. The van der Waals surface area contributed by atoms with Gasteiger partial charge in [-0.1, -0.05) is 0 Å². The third-order valence-electron chi connectivity index (χ3n) is 7.13. The van der Waals surface area contributed by atoms with Crippen LogP contribution in [-0.4, -0.2) is 82.6 Å². The fourth-order valence-corrected chi connectivity index (χ4v) is 5.66. The molecule has 0 spiro atoms. The van der Waals surface area contributed by atoms with Crippen LogP contribution in [0, 0.1) is 17.7 Å². The molecule has 0 bridgehead atoms. The molecule has 3 aliphatic carbocycles. The Morgan fingerprint density at radius 2 is 1.79 bits per heavy atom. The number of phenols is 1. The van der Waals surface area contributed by atoms with Gasteiger partial charge in [-0.05, 0) is 38.4 Å². The lowest BCUT2D eigenvalue weighted by Crippen LogP contribution is -2.65. The number of ketones is 2. The van der Waals surface area contributed by atoms with Crippen molar-refractivity contribution < 1.29 is 39.2 Å². The third-order valence-corrected chi connectivity index (χ3v) is 7.13. The summed E-state index contributed by atoms with van der Waals surface area (Å²) in [6, 6.07) is -0.0409. The fourth-order valence-electron chi connectivity index (χ4n) is 5.66. The molecule has 1 amide bonds. The number of benzene rings is 1. The summed E-state index contributed by atoms with van der Waals surface area (Å²) < 4.78 is 14.5. The number of rotatable bonds is 3. The SMILES string of the molecule is CN(C)c1cc(F)c(O)c2c1C[C@H]1C[C@H]3C(N(C)C)C(=O)C(C(N)=O)=C(O)[C@]3(O)C(=O)C1=C2O. The van der Waals surface area contributed by atoms with E-state index in [1.807, 2.05) is 0 Å². The molecule has 1 aromatic rings. The van der Waals surface area contributed by atoms with Gasteiger partial charge < -0.3 is 31.1 Å². The highest BCUT2D eigenvalue weighted by Crippen LogP contribution is 2.53. The first-order chi connectivity index (χ1) is 15.7. The molecule has 0 radical (unpaired) electrons. The van der Waals surface area contributed by atoms with E-state index < -0.39 is 69.6 Å². The molecular weight excluding hydrogens is 449 g/mol. The maximum atomic E-state index is 14.5. The van der Waals surface area contributed by atoms with Gasteiger partial charge in [0, 0.05) is 37.3 Å². The predicted octanol–water partition coefficient (Wildman–Crippen LogP) is 0.169. The zero-order valence-corrected chi connectivity index (χ0v) is 19.1. The quantitative estimate of drug-likeness (QED) is 0.383. The average Bonchev–Trinajstić information content (AvgIpc) is 2.72. The summed E-state index contributed by atoms with van der Waals surface area (Å²) >= 11 is 0. The van der Waals surface area contributed by atoms with Crippen LogP contribution in [0.4, 0.5) is 10.1 Å². The number of phenolic OH excluding ortho intramolecular Hbond substituents is 1. The fraction of sp³-hybridized carbons (Fsp3) is 0.435. The number of nitrogens with two attached hydrogens (primary N) is 1. The Morgan fingerprint density at radius 1 is 1.18 bits per heavy atom. The van der Waals surface area contributed by atoms with Gasteiger partial charge in [-0.3, -0.25) is 19.3 Å². The van der Waals surface area contributed by atoms with E-state index in [4.69, 9.17) is 5.73 Å². The Hall–Kier alpha value is -3.44. The Labute approximate surface area is 194 Å². The maximum absolute atomic E-state index is 14.5. The molecule has 1 aromatic carbocycles. The van der Waals surface area contributed by atoms with Crippen molar-refractivity contribution in [3.05, 3.63) is 39.9 Å². The van der Waals surface area contributed by atoms with Crippen molar-refractivity contribution in [2.45, 2.75) is 24.5 Å². The highest BCUT2D eigenvalue weighted by molar-refractivity contribution is 6.24. The first kappa shape index (κ1) is 23.7. The van der Waals surface area contributed by atoms with Crippen molar-refractivity contribution in [2.24, 2.45) is 17.6 Å². The number of aliphatic hydroxyl groups excluding tert-OH is 2. The van der Waals surface area contributed by atoms with Crippen LogP contribution < -0.4 is 10.6 Å². The summed E-state index contributed by atoms with van der Waals surface area (Å²) in [4.78, 5) is 41.7. The smallest absolute Gasteiger partial charge is 0.255 e. The van der Waals surface area contributed by atoms with Crippen molar-refractivity contribution in [3.63, 3.8) is 0 Å². The number of carbonyl (C=O) groups is 3. The lowest BCUT2D eigenvalue weighted by atomic mass is 9.57. The standard InChI is InChI=1S/C23H26FN3O7/c1-26(2)12-7-11(24)17(28)14-9(12)5-8-6-10-16(27(3)4)19(30)15(22(25)33)21(32)23(10,34)20(31)13(8)18(14)29/h7-8,10,16,28-29,32,34H,5-6H2,1-4H3,(H2,25,33)/t8-,10-,16?,23+/m0/s1. The number of fused-ring (bicyclic) bond motifs is 3. The summed E-state index contributed by atoms with van der Waals surface area (Å²) in [7, 11) is 6.36. The number of halogens is 1. The summed E-state index contributed by atoms with van der Waals surface area (Å²) in [5.41, 5.74) is 1.85. The van der Waals surface area contributed by atoms with Gasteiger partial charge in [0.2, 0.25) is 5.78 Å². The maximum Gasteiger partial charge on any atom is 0.255 e. The molecule has 0 aliphatic heterocycles. The number of aliphatic hydroxyl groups is 3. The van der Waals surface area contributed by atoms with Gasteiger partial charge in [0.05, 0.1) is 11.6 Å². The van der Waals surface area contributed by atoms with Crippen molar-refractivity contribution in [1.29, 1.82) is 0 Å². The van der Waals surface area contributed by atoms with Crippen LogP contribution in [0.5, 0.6) is 5.75 Å². The van der Waals surface area contributed by atoms with E-state index >= 15 is 0 Å². The van der Waals surface area contributed by atoms with E-state index in [2.05, 4.69) is 0 Å². The van der Waals surface area contributed by atoms with Crippen molar-refractivity contribution in [3.8, 4) is 5.75 Å². The summed E-state index contributed by atoms with van der Waals surface area (Å²) in [6.45, 7) is 0. The molecule has 1 unspecified atom stereocenters. The van der Waals surface area contributed by atoms with Gasteiger partial charge in [-0.15, -0.1) is 0 Å². The Kier molecular flexibility index (Phi) is 5.26. The Morgan fingerprint density at radius 3 is 2.32 bits per heavy atom. The van der Waals surface area contributed by atoms with E-state index in [1.165, 1.54) is 19.0 Å². The molecule has 34 heavy (non-hydrogen) atoms. The van der Waals surface area contributed by atoms with E-state index in [0.717, 1.165) is 6.07 Å². The number of hydrogen-bond acceptors (Lipinski definition) is 9. The van der Waals surface area contributed by atoms with E-state index in [-0.39, 0.29) is 24.0 Å². The van der Waals surface area contributed by atoms with Crippen LogP contribution in [0.3, 0.4) is 0 Å². The molecule has 0 saturated heterocycles. The van der Waals surface area contributed by atoms with Gasteiger partial charge in [0.1, 0.15) is 17.1 Å². The van der Waals surface area contributed by atoms with E-state index in [1.54, 1.807) is 19.0 Å². The summed E-state index contributed by atoms with van der Waals surface area (Å²) in [5.74, 6) is -8.90. The van der Waals surface area contributed by atoms with Crippen molar-refractivity contribution in [1.82, 2.24) is 4.90 Å². The van der Waals surface area contributed by atoms with Crippen molar-refractivity contribution >= 4 is 28.9 Å². The lowest BCUT2D eigenvalue weighted by molar-refractivity contribution is -0.153. The Bertz CT molecular complexity index is 1220. The van der Waals surface area contributed by atoms with Crippen molar-refractivity contribution in [2.75, 3.05) is 33.1 Å². The minimum absolute atomic E-state index is 0.0310. The first-order valence-corrected chi connectivity index (χ1v) is 10.6. The van der Waals surface area contributed by atoms with Crippen LogP contribution in [0.2, 0.25) is 0 Å². The van der Waals surface area contributed by atoms with E-state index in [0.29, 0.717) is 11.3 Å². The number of carbonyl (C=O) groups excluding carboxylic acids is 3. The highest BCUT2D eigenvalue weighted by atomic mass is 19.1. The largest absolute Gasteiger partial charge is 0.508 e. The number of amides is 1. The van der Waals surface area contributed by atoms with Crippen LogP contribution in [0.25, 0.3) is 5.76 Å². The molecule has 0 heterocycles.